The van der Waals surface area contributed by atoms with Crippen molar-refractivity contribution in [3.8, 4) is 5.75 Å². The summed E-state index contributed by atoms with van der Waals surface area (Å²) in [5.74, 6) is 0.615. The number of hydrogen-bond donors (Lipinski definition) is 0. The Balaban J connectivity index is 2.26. The lowest BCUT2D eigenvalue weighted by molar-refractivity contribution is -0.125. The summed E-state index contributed by atoms with van der Waals surface area (Å²) in [5.41, 5.74) is 1.66. The van der Waals surface area contributed by atoms with Crippen LogP contribution in [-0.2, 0) is 19.6 Å². The van der Waals surface area contributed by atoms with Crippen molar-refractivity contribution in [2.75, 3.05) is 31.2 Å². The first-order chi connectivity index (χ1) is 14.5. The van der Waals surface area contributed by atoms with Crippen LogP contribution < -0.4 is 9.04 Å². The fraction of sp³-hybridized carbons (Fsp3) is 0.458. The van der Waals surface area contributed by atoms with Gasteiger partial charge in [0, 0.05) is 6.42 Å². The maximum Gasteiger partial charge on any atom is 0.264 e. The van der Waals surface area contributed by atoms with E-state index in [2.05, 4.69) is 0 Å². The van der Waals surface area contributed by atoms with Crippen molar-refractivity contribution in [2.45, 2.75) is 45.9 Å². The molecule has 2 aromatic carbocycles. The topological polar surface area (TPSA) is 72.9 Å². The number of aryl methyl sites for hydroxylation is 2. The molecule has 0 radical (unpaired) electrons. The van der Waals surface area contributed by atoms with E-state index in [0.717, 1.165) is 0 Å². The highest BCUT2D eigenvalue weighted by Gasteiger charge is 2.28. The molecule has 0 aliphatic carbocycles. The van der Waals surface area contributed by atoms with E-state index in [0.29, 0.717) is 29.0 Å². The smallest absolute Gasteiger partial charge is 0.264 e. The van der Waals surface area contributed by atoms with E-state index in [4.69, 9.17) is 9.47 Å². The van der Waals surface area contributed by atoms with Gasteiger partial charge >= 0.3 is 0 Å². The maximum absolute atomic E-state index is 13.7. The predicted octanol–water partition coefficient (Wildman–Crippen LogP) is 4.53. The summed E-state index contributed by atoms with van der Waals surface area (Å²) in [5, 5.41) is 0. The summed E-state index contributed by atoms with van der Waals surface area (Å²) in [7, 11) is -2.30. The van der Waals surface area contributed by atoms with Crippen molar-refractivity contribution in [3.05, 3.63) is 53.6 Å². The van der Waals surface area contributed by atoms with Crippen LogP contribution in [0.4, 0.5) is 5.69 Å². The Bertz CT molecular complexity index is 971. The number of anilines is 1. The second kappa shape index (κ2) is 10.3. The van der Waals surface area contributed by atoms with Gasteiger partial charge in [-0.25, -0.2) is 8.42 Å². The number of Topliss-reactive ketones (excluding diaryl/α,β-unsaturated/α-hetero) is 1. The van der Waals surface area contributed by atoms with Crippen molar-refractivity contribution in [1.82, 2.24) is 0 Å². The van der Waals surface area contributed by atoms with E-state index in [-0.39, 0.29) is 35.9 Å². The molecule has 31 heavy (non-hydrogen) atoms. The molecule has 0 amide bonds. The van der Waals surface area contributed by atoms with Crippen LogP contribution in [-0.4, -0.2) is 41.1 Å². The fourth-order valence-corrected chi connectivity index (χ4v) is 5.37. The van der Waals surface area contributed by atoms with Gasteiger partial charge in [0.15, 0.2) is 5.78 Å². The first-order valence-corrected chi connectivity index (χ1v) is 11.7. The molecule has 170 valence electrons. The average molecular weight is 448 g/mol. The van der Waals surface area contributed by atoms with Gasteiger partial charge in [-0.1, -0.05) is 39.0 Å². The summed E-state index contributed by atoms with van der Waals surface area (Å²) in [6, 6.07) is 12.3. The first-order valence-electron chi connectivity index (χ1n) is 10.3. The van der Waals surface area contributed by atoms with Crippen LogP contribution in [0, 0.1) is 19.3 Å². The number of methoxy groups -OCH3 is 1. The van der Waals surface area contributed by atoms with Gasteiger partial charge in [-0.15, -0.1) is 0 Å². The standard InChI is InChI=1S/C24H33NO5S/c1-18-14-22(29-6)15-19(2)23(18)31(27,28)25(20-10-8-7-9-11-20)12-13-30-17-21(26)16-24(3,4)5/h7-11,14-15H,12-13,16-17H2,1-6H3. The van der Waals surface area contributed by atoms with Crippen molar-refractivity contribution in [3.63, 3.8) is 0 Å². The van der Waals surface area contributed by atoms with Crippen molar-refractivity contribution >= 4 is 21.5 Å². The predicted molar refractivity (Wildman–Crippen MR) is 123 cm³/mol. The molecule has 2 aromatic rings. The highest BCUT2D eigenvalue weighted by Crippen LogP contribution is 2.30. The van der Waals surface area contributed by atoms with Gasteiger partial charge in [0.2, 0.25) is 0 Å². The van der Waals surface area contributed by atoms with E-state index in [1.165, 1.54) is 4.31 Å². The van der Waals surface area contributed by atoms with E-state index in [9.17, 15) is 13.2 Å². The summed E-state index contributed by atoms with van der Waals surface area (Å²) < 4.78 is 39.5. The Hall–Kier alpha value is -2.38. The fourth-order valence-electron chi connectivity index (χ4n) is 3.50. The molecule has 7 heteroatoms. The molecular weight excluding hydrogens is 414 g/mol. The third-order valence-corrected chi connectivity index (χ3v) is 6.82. The Morgan fingerprint density at radius 3 is 2.13 bits per heavy atom. The molecule has 0 unspecified atom stereocenters. The Morgan fingerprint density at radius 1 is 1.03 bits per heavy atom. The number of rotatable bonds is 10. The maximum atomic E-state index is 13.7. The molecule has 0 aromatic heterocycles. The number of carbonyl (C=O) groups is 1. The van der Waals surface area contributed by atoms with E-state index >= 15 is 0 Å². The molecule has 0 bridgehead atoms. The lowest BCUT2D eigenvalue weighted by Gasteiger charge is -2.26. The highest BCUT2D eigenvalue weighted by molar-refractivity contribution is 7.93. The monoisotopic (exact) mass is 447 g/mol. The number of carbonyl (C=O) groups excluding carboxylic acids is 1. The third-order valence-electron chi connectivity index (χ3n) is 4.69. The van der Waals surface area contributed by atoms with Crippen LogP contribution in [0.5, 0.6) is 5.75 Å². The van der Waals surface area contributed by atoms with Crippen molar-refractivity contribution < 1.29 is 22.7 Å². The van der Waals surface area contributed by atoms with Gasteiger partial charge in [-0.3, -0.25) is 9.10 Å². The molecule has 0 atom stereocenters. The summed E-state index contributed by atoms with van der Waals surface area (Å²) in [4.78, 5) is 12.3. The first kappa shape index (κ1) is 24.9. The minimum absolute atomic E-state index is 0.00321. The number of para-hydroxylation sites is 1. The molecule has 6 nitrogen and oxygen atoms in total. The van der Waals surface area contributed by atoms with Crippen LogP contribution >= 0.6 is 0 Å². The molecule has 0 N–H and O–H groups in total. The van der Waals surface area contributed by atoms with Crippen LogP contribution in [0.1, 0.15) is 38.3 Å². The largest absolute Gasteiger partial charge is 0.497 e. The van der Waals surface area contributed by atoms with Crippen LogP contribution in [0.2, 0.25) is 0 Å². The molecular formula is C24H33NO5S. The molecule has 0 spiro atoms. The van der Waals surface area contributed by atoms with Gasteiger partial charge in [-0.2, -0.15) is 0 Å². The molecule has 2 rings (SSSR count). The number of ether oxygens (including phenoxy) is 2. The zero-order valence-electron chi connectivity index (χ0n) is 19.3. The molecule has 0 saturated heterocycles. The zero-order valence-corrected chi connectivity index (χ0v) is 20.1. The quantitative estimate of drug-likeness (QED) is 0.501. The average Bonchev–Trinajstić information content (AvgIpc) is 2.66. The zero-order chi connectivity index (χ0) is 23.2. The Labute approximate surface area is 186 Å². The van der Waals surface area contributed by atoms with Crippen LogP contribution in [0.3, 0.4) is 0 Å². The molecule has 0 saturated carbocycles. The van der Waals surface area contributed by atoms with E-state index in [1.807, 2.05) is 26.8 Å². The Morgan fingerprint density at radius 2 is 1.61 bits per heavy atom. The minimum atomic E-state index is -3.86. The van der Waals surface area contributed by atoms with E-state index < -0.39 is 10.0 Å². The van der Waals surface area contributed by atoms with Gasteiger partial charge in [0.1, 0.15) is 12.4 Å². The van der Waals surface area contributed by atoms with Gasteiger partial charge in [0.05, 0.1) is 30.8 Å². The van der Waals surface area contributed by atoms with Gasteiger partial charge in [-0.05, 0) is 54.7 Å². The van der Waals surface area contributed by atoms with Crippen molar-refractivity contribution in [2.24, 2.45) is 5.41 Å². The van der Waals surface area contributed by atoms with E-state index in [1.54, 1.807) is 57.4 Å². The van der Waals surface area contributed by atoms with Crippen LogP contribution in [0.15, 0.2) is 47.4 Å². The SMILES string of the molecule is COc1cc(C)c(S(=O)(=O)N(CCOCC(=O)CC(C)(C)C)c2ccccc2)c(C)c1. The summed E-state index contributed by atoms with van der Waals surface area (Å²) in [6.07, 6.45) is 0.415. The minimum Gasteiger partial charge on any atom is -0.497 e. The summed E-state index contributed by atoms with van der Waals surface area (Å²) >= 11 is 0. The number of nitrogens with zero attached hydrogens (tertiary/aromatic N) is 1. The number of benzene rings is 2. The van der Waals surface area contributed by atoms with Crippen LogP contribution in [0.25, 0.3) is 0 Å². The number of hydrogen-bond acceptors (Lipinski definition) is 5. The molecule has 0 fully saturated rings. The molecule has 0 heterocycles. The number of ketones is 1. The normalized spacial score (nSPS) is 11.9. The Kier molecular flexibility index (Phi) is 8.26. The lowest BCUT2D eigenvalue weighted by Crippen LogP contribution is -2.35. The van der Waals surface area contributed by atoms with Gasteiger partial charge in [0.25, 0.3) is 10.0 Å². The second-order valence-electron chi connectivity index (χ2n) is 8.83. The second-order valence-corrected chi connectivity index (χ2v) is 10.6. The highest BCUT2D eigenvalue weighted by atomic mass is 32.2. The number of sulfonamides is 1. The summed E-state index contributed by atoms with van der Waals surface area (Å²) in [6.45, 7) is 9.68. The lowest BCUT2D eigenvalue weighted by atomic mass is 9.90. The molecule has 0 aliphatic heterocycles. The van der Waals surface area contributed by atoms with Crippen molar-refractivity contribution in [1.29, 1.82) is 0 Å². The molecule has 0 aliphatic rings. The third kappa shape index (κ3) is 6.80. The van der Waals surface area contributed by atoms with Gasteiger partial charge < -0.3 is 9.47 Å².